The second-order valence-corrected chi connectivity index (χ2v) is 5.28. The smallest absolute Gasteiger partial charge is 0.0777 e. The standard InChI is InChI=1S/C14H23N3O/c1-14(18-2)6-4-8-17(11-14)10-13-12(9-15)5-3-7-16-13/h3,5,7H,4,6,8-11,15H2,1-2H3. The van der Waals surface area contributed by atoms with Crippen molar-refractivity contribution in [2.24, 2.45) is 5.73 Å². The topological polar surface area (TPSA) is 51.4 Å². The Labute approximate surface area is 109 Å². The van der Waals surface area contributed by atoms with E-state index in [1.807, 2.05) is 12.3 Å². The van der Waals surface area contributed by atoms with Gasteiger partial charge >= 0.3 is 0 Å². The molecule has 0 bridgehead atoms. The summed E-state index contributed by atoms with van der Waals surface area (Å²) in [5.74, 6) is 0. The van der Waals surface area contributed by atoms with Crippen LogP contribution in [0.5, 0.6) is 0 Å². The van der Waals surface area contributed by atoms with Gasteiger partial charge in [0.2, 0.25) is 0 Å². The molecule has 1 saturated heterocycles. The molecule has 0 spiro atoms. The van der Waals surface area contributed by atoms with E-state index in [1.165, 1.54) is 6.42 Å². The van der Waals surface area contributed by atoms with Gasteiger partial charge in [-0.15, -0.1) is 0 Å². The highest BCUT2D eigenvalue weighted by Crippen LogP contribution is 2.25. The third kappa shape index (κ3) is 3.07. The lowest BCUT2D eigenvalue weighted by molar-refractivity contribution is -0.0529. The number of pyridine rings is 1. The van der Waals surface area contributed by atoms with Crippen LogP contribution in [-0.4, -0.2) is 35.7 Å². The van der Waals surface area contributed by atoms with Gasteiger partial charge in [0.15, 0.2) is 0 Å². The Kier molecular flexibility index (Phi) is 4.32. The maximum atomic E-state index is 5.75. The molecule has 2 heterocycles. The molecule has 1 aliphatic rings. The van der Waals surface area contributed by atoms with Crippen LogP contribution in [0.25, 0.3) is 0 Å². The number of methoxy groups -OCH3 is 1. The van der Waals surface area contributed by atoms with E-state index in [4.69, 9.17) is 10.5 Å². The molecule has 1 aliphatic heterocycles. The van der Waals surface area contributed by atoms with Crippen molar-refractivity contribution in [1.82, 2.24) is 9.88 Å². The van der Waals surface area contributed by atoms with Gasteiger partial charge in [0.1, 0.15) is 0 Å². The maximum Gasteiger partial charge on any atom is 0.0777 e. The van der Waals surface area contributed by atoms with Crippen molar-refractivity contribution in [2.75, 3.05) is 20.2 Å². The molecule has 0 aliphatic carbocycles. The third-order valence-electron chi connectivity index (χ3n) is 3.81. The van der Waals surface area contributed by atoms with Crippen LogP contribution in [-0.2, 0) is 17.8 Å². The van der Waals surface area contributed by atoms with Crippen LogP contribution in [0.1, 0.15) is 31.0 Å². The van der Waals surface area contributed by atoms with Crippen molar-refractivity contribution in [3.05, 3.63) is 29.6 Å². The number of nitrogens with two attached hydrogens (primary N) is 1. The molecule has 4 nitrogen and oxygen atoms in total. The van der Waals surface area contributed by atoms with Gasteiger partial charge in [-0.25, -0.2) is 0 Å². The van der Waals surface area contributed by atoms with Gasteiger partial charge in [-0.3, -0.25) is 9.88 Å². The van der Waals surface area contributed by atoms with E-state index >= 15 is 0 Å². The predicted octanol–water partition coefficient (Wildman–Crippen LogP) is 1.54. The van der Waals surface area contributed by atoms with Crippen molar-refractivity contribution in [1.29, 1.82) is 0 Å². The Hall–Kier alpha value is -0.970. The van der Waals surface area contributed by atoms with E-state index in [-0.39, 0.29) is 5.60 Å². The minimum Gasteiger partial charge on any atom is -0.377 e. The van der Waals surface area contributed by atoms with Crippen molar-refractivity contribution < 1.29 is 4.74 Å². The van der Waals surface area contributed by atoms with Crippen molar-refractivity contribution in [3.63, 3.8) is 0 Å². The summed E-state index contributed by atoms with van der Waals surface area (Å²) in [4.78, 5) is 6.87. The summed E-state index contributed by atoms with van der Waals surface area (Å²) in [6.07, 6.45) is 4.15. The van der Waals surface area contributed by atoms with Gasteiger partial charge < -0.3 is 10.5 Å². The molecule has 0 radical (unpaired) electrons. The molecule has 1 fully saturated rings. The molecule has 1 unspecified atom stereocenters. The molecule has 100 valence electrons. The van der Waals surface area contributed by atoms with Crippen LogP contribution in [0.2, 0.25) is 0 Å². The van der Waals surface area contributed by atoms with Crippen LogP contribution in [0.15, 0.2) is 18.3 Å². The molecule has 0 saturated carbocycles. The zero-order valence-electron chi connectivity index (χ0n) is 11.4. The normalized spacial score (nSPS) is 25.3. The molecule has 18 heavy (non-hydrogen) atoms. The Balaban J connectivity index is 2.05. The van der Waals surface area contributed by atoms with Gasteiger partial charge in [-0.05, 0) is 37.9 Å². The van der Waals surface area contributed by atoms with Crippen LogP contribution in [0.3, 0.4) is 0 Å². The first-order valence-electron chi connectivity index (χ1n) is 6.57. The molecule has 2 N–H and O–H groups in total. The average Bonchev–Trinajstić information content (AvgIpc) is 2.39. The van der Waals surface area contributed by atoms with Gasteiger partial charge in [0, 0.05) is 32.9 Å². The molecule has 0 amide bonds. The highest BCUT2D eigenvalue weighted by molar-refractivity contribution is 5.19. The Morgan fingerprint density at radius 3 is 3.11 bits per heavy atom. The van der Waals surface area contributed by atoms with Gasteiger partial charge in [0.05, 0.1) is 11.3 Å². The van der Waals surface area contributed by atoms with Crippen LogP contribution in [0.4, 0.5) is 0 Å². The molecule has 2 rings (SSSR count). The zero-order valence-corrected chi connectivity index (χ0v) is 11.4. The lowest BCUT2D eigenvalue weighted by Crippen LogP contribution is -2.47. The number of hydrogen-bond acceptors (Lipinski definition) is 4. The van der Waals surface area contributed by atoms with Gasteiger partial charge in [-0.1, -0.05) is 6.07 Å². The lowest BCUT2D eigenvalue weighted by Gasteiger charge is -2.39. The van der Waals surface area contributed by atoms with Gasteiger partial charge in [0.25, 0.3) is 0 Å². The summed E-state index contributed by atoms with van der Waals surface area (Å²) in [6.45, 7) is 5.68. The fraction of sp³-hybridized carbons (Fsp3) is 0.643. The van der Waals surface area contributed by atoms with E-state index in [9.17, 15) is 0 Å². The van der Waals surface area contributed by atoms with Gasteiger partial charge in [-0.2, -0.15) is 0 Å². The van der Waals surface area contributed by atoms with Crippen molar-refractivity contribution in [2.45, 2.75) is 38.5 Å². The van der Waals surface area contributed by atoms with Crippen molar-refractivity contribution in [3.8, 4) is 0 Å². The Bertz CT molecular complexity index is 396. The summed E-state index contributed by atoms with van der Waals surface area (Å²) in [5.41, 5.74) is 7.97. The zero-order chi connectivity index (χ0) is 13.0. The molecule has 0 aromatic carbocycles. The van der Waals surface area contributed by atoms with E-state index in [0.29, 0.717) is 6.54 Å². The Morgan fingerprint density at radius 1 is 1.56 bits per heavy atom. The van der Waals surface area contributed by atoms with Crippen LogP contribution >= 0.6 is 0 Å². The lowest BCUT2D eigenvalue weighted by atomic mass is 9.94. The number of nitrogens with zero attached hydrogens (tertiary/aromatic N) is 2. The second kappa shape index (κ2) is 5.78. The van der Waals surface area contributed by atoms with E-state index in [1.54, 1.807) is 7.11 Å². The molecule has 4 heteroatoms. The number of likely N-dealkylation sites (tertiary alicyclic amines) is 1. The van der Waals surface area contributed by atoms with E-state index in [2.05, 4.69) is 22.9 Å². The minimum atomic E-state index is -0.0179. The molecular weight excluding hydrogens is 226 g/mol. The summed E-state index contributed by atoms with van der Waals surface area (Å²) in [5, 5.41) is 0. The molecule has 1 aromatic rings. The Morgan fingerprint density at radius 2 is 2.39 bits per heavy atom. The summed E-state index contributed by atoms with van der Waals surface area (Å²) >= 11 is 0. The largest absolute Gasteiger partial charge is 0.377 e. The quantitative estimate of drug-likeness (QED) is 0.879. The van der Waals surface area contributed by atoms with Crippen LogP contribution < -0.4 is 5.73 Å². The number of hydrogen-bond donors (Lipinski definition) is 1. The highest BCUT2D eigenvalue weighted by Gasteiger charge is 2.30. The number of piperidine rings is 1. The number of ether oxygens (including phenoxy) is 1. The summed E-state index contributed by atoms with van der Waals surface area (Å²) < 4.78 is 5.62. The highest BCUT2D eigenvalue weighted by atomic mass is 16.5. The summed E-state index contributed by atoms with van der Waals surface area (Å²) in [6, 6.07) is 4.00. The van der Waals surface area contributed by atoms with Crippen LogP contribution in [0, 0.1) is 0 Å². The first-order valence-corrected chi connectivity index (χ1v) is 6.57. The number of rotatable bonds is 4. The number of aromatic nitrogens is 1. The maximum absolute atomic E-state index is 5.75. The van der Waals surface area contributed by atoms with E-state index < -0.39 is 0 Å². The SMILES string of the molecule is COC1(C)CCCN(Cc2ncccc2CN)C1. The van der Waals surface area contributed by atoms with E-state index in [0.717, 1.165) is 37.3 Å². The third-order valence-corrected chi connectivity index (χ3v) is 3.81. The molecular formula is C14H23N3O. The average molecular weight is 249 g/mol. The predicted molar refractivity (Wildman–Crippen MR) is 72.1 cm³/mol. The first-order chi connectivity index (χ1) is 8.67. The second-order valence-electron chi connectivity index (χ2n) is 5.28. The minimum absolute atomic E-state index is 0.0179. The molecule has 1 aromatic heterocycles. The fourth-order valence-corrected chi connectivity index (χ4v) is 2.62. The van der Waals surface area contributed by atoms with Crippen molar-refractivity contribution >= 4 is 0 Å². The first kappa shape index (κ1) is 13.5. The molecule has 1 atom stereocenters. The fourth-order valence-electron chi connectivity index (χ4n) is 2.62. The summed E-state index contributed by atoms with van der Waals surface area (Å²) in [7, 11) is 1.80. The monoisotopic (exact) mass is 249 g/mol.